The number of carbonyl (C=O) groups is 3. The molecule has 220 valence electrons. The summed E-state index contributed by atoms with van der Waals surface area (Å²) in [6.07, 6.45) is 9.67. The van der Waals surface area contributed by atoms with Gasteiger partial charge in [-0.1, -0.05) is 12.2 Å². The van der Waals surface area contributed by atoms with Crippen LogP contribution in [0.15, 0.2) is 41.3 Å². The van der Waals surface area contributed by atoms with Gasteiger partial charge in [0.2, 0.25) is 21.8 Å². The summed E-state index contributed by atoms with van der Waals surface area (Å²) in [5, 5.41) is 7.91. The van der Waals surface area contributed by atoms with E-state index in [1.54, 1.807) is 29.4 Å². The molecule has 1 saturated heterocycles. The van der Waals surface area contributed by atoms with E-state index in [9.17, 15) is 22.8 Å². The first kappa shape index (κ1) is 28.6. The molecule has 1 spiro atoms. The van der Waals surface area contributed by atoms with Gasteiger partial charge in [-0.3, -0.25) is 24.0 Å². The van der Waals surface area contributed by atoms with E-state index in [1.807, 2.05) is 18.2 Å². The molecule has 2 fully saturated rings. The van der Waals surface area contributed by atoms with Gasteiger partial charge in [0.25, 0.3) is 0 Å². The molecular formula is C28H30BrN7O5S. The first-order chi connectivity index (χ1) is 20.1. The van der Waals surface area contributed by atoms with Crippen LogP contribution in [0.5, 0.6) is 0 Å². The highest BCUT2D eigenvalue weighted by Crippen LogP contribution is 2.59. The number of piperidine rings is 1. The molecule has 0 unspecified atom stereocenters. The Morgan fingerprint density at radius 1 is 1.19 bits per heavy atom. The Bertz CT molecular complexity index is 1740. The summed E-state index contributed by atoms with van der Waals surface area (Å²) in [6, 6.07) is 4.12. The number of allylic oxidation sites excluding steroid dienone is 1. The van der Waals surface area contributed by atoms with Crippen LogP contribution in [0.2, 0.25) is 0 Å². The Morgan fingerprint density at radius 2 is 2.02 bits per heavy atom. The van der Waals surface area contributed by atoms with Crippen LogP contribution in [0.25, 0.3) is 17.0 Å². The van der Waals surface area contributed by atoms with Crippen molar-refractivity contribution in [2.75, 3.05) is 17.6 Å². The standard InChI is InChI=1S/C28H30BrN7O5S/c1-17(37)25-19-9-10-30-14-21(19)35(34-25)15-24(38)36-20-12-28(13-22(28)36)16-31-42(40,41)11-5-3-2-4-6-18-7-8-23(29)32-26(18)33-27(20)39/h4,6-10,14,20,22,31H,2-3,5,11-13,15-16H2,1H3,(H,32,33,39)/b6-4+/t20-,22+,28-/m0/s1. The van der Waals surface area contributed by atoms with Crippen LogP contribution < -0.4 is 10.0 Å². The molecule has 0 aromatic carbocycles. The molecule has 1 saturated carbocycles. The van der Waals surface area contributed by atoms with Crippen LogP contribution in [0, 0.1) is 5.41 Å². The quantitative estimate of drug-likeness (QED) is 0.322. The number of sulfonamides is 1. The van der Waals surface area contributed by atoms with Crippen LogP contribution in [0.1, 0.15) is 55.1 Å². The number of rotatable bonds is 3. The predicted octanol–water partition coefficient (Wildman–Crippen LogP) is 2.91. The molecule has 5 heterocycles. The van der Waals surface area contributed by atoms with Crippen LogP contribution in [-0.4, -0.2) is 75.0 Å². The largest absolute Gasteiger partial charge is 0.325 e. The zero-order valence-corrected chi connectivity index (χ0v) is 25.3. The molecule has 3 aromatic rings. The third-order valence-electron chi connectivity index (χ3n) is 8.29. The molecule has 2 bridgehead atoms. The molecule has 3 atom stereocenters. The molecule has 42 heavy (non-hydrogen) atoms. The van der Waals surface area contributed by atoms with Gasteiger partial charge in [-0.15, -0.1) is 0 Å². The van der Waals surface area contributed by atoms with Gasteiger partial charge in [0.15, 0.2) is 5.78 Å². The smallest absolute Gasteiger partial charge is 0.248 e. The van der Waals surface area contributed by atoms with Crippen molar-refractivity contribution in [3.05, 3.63) is 52.5 Å². The van der Waals surface area contributed by atoms with Gasteiger partial charge >= 0.3 is 0 Å². The third kappa shape index (κ3) is 5.50. The molecular weight excluding hydrogens is 626 g/mol. The number of fused-ring (bicyclic) bond motifs is 3. The Hall–Kier alpha value is -3.49. The monoisotopic (exact) mass is 655 g/mol. The second-order valence-electron chi connectivity index (χ2n) is 11.2. The normalized spacial score (nSPS) is 26.2. The van der Waals surface area contributed by atoms with Crippen molar-refractivity contribution in [3.63, 3.8) is 0 Å². The number of likely N-dealkylation sites (tertiary alicyclic amines) is 1. The summed E-state index contributed by atoms with van der Waals surface area (Å²) in [6.45, 7) is 1.35. The fraction of sp³-hybridized carbons (Fsp3) is 0.429. The van der Waals surface area contributed by atoms with E-state index in [4.69, 9.17) is 0 Å². The number of halogens is 1. The Morgan fingerprint density at radius 3 is 2.83 bits per heavy atom. The van der Waals surface area contributed by atoms with Crippen molar-refractivity contribution in [3.8, 4) is 0 Å². The summed E-state index contributed by atoms with van der Waals surface area (Å²) in [7, 11) is -3.51. The second kappa shape index (κ2) is 11.0. The highest BCUT2D eigenvalue weighted by molar-refractivity contribution is 9.10. The number of carbonyl (C=O) groups excluding carboxylic acids is 3. The van der Waals surface area contributed by atoms with E-state index in [0.717, 1.165) is 0 Å². The number of Topliss-reactive ketones (excluding diaryl/α,β-unsaturated/α-hetero) is 1. The van der Waals surface area contributed by atoms with E-state index in [0.29, 0.717) is 59.0 Å². The predicted molar refractivity (Wildman–Crippen MR) is 159 cm³/mol. The number of pyridine rings is 2. The minimum absolute atomic E-state index is 0.0120. The summed E-state index contributed by atoms with van der Waals surface area (Å²) in [4.78, 5) is 50.1. The van der Waals surface area contributed by atoms with E-state index in [2.05, 4.69) is 41.0 Å². The zero-order chi connectivity index (χ0) is 29.6. The lowest BCUT2D eigenvalue weighted by Crippen LogP contribution is -2.47. The number of aromatic nitrogens is 4. The maximum atomic E-state index is 13.9. The number of nitrogens with one attached hydrogen (secondary N) is 2. The zero-order valence-electron chi connectivity index (χ0n) is 22.9. The molecule has 14 heteroatoms. The molecule has 1 aliphatic carbocycles. The molecule has 12 nitrogen and oxygen atoms in total. The Balaban J connectivity index is 1.34. The first-order valence-electron chi connectivity index (χ1n) is 13.8. The molecule has 6 rings (SSSR count). The average Bonchev–Trinajstić information content (AvgIpc) is 3.36. The fourth-order valence-electron chi connectivity index (χ4n) is 6.05. The number of anilines is 1. The first-order valence-corrected chi connectivity index (χ1v) is 16.3. The minimum atomic E-state index is -3.51. The lowest BCUT2D eigenvalue weighted by molar-refractivity contribution is -0.138. The Kier molecular flexibility index (Phi) is 7.48. The molecule has 0 radical (unpaired) electrons. The van der Waals surface area contributed by atoms with Crippen molar-refractivity contribution < 1.29 is 22.8 Å². The van der Waals surface area contributed by atoms with Crippen LogP contribution in [-0.2, 0) is 26.2 Å². The summed E-state index contributed by atoms with van der Waals surface area (Å²) >= 11 is 3.38. The van der Waals surface area contributed by atoms with Crippen molar-refractivity contribution >= 4 is 66.3 Å². The van der Waals surface area contributed by atoms with Gasteiger partial charge in [0, 0.05) is 42.1 Å². The fourth-order valence-corrected chi connectivity index (χ4v) is 7.60. The number of amides is 2. The minimum Gasteiger partial charge on any atom is -0.325 e. The van der Waals surface area contributed by atoms with E-state index in [-0.39, 0.29) is 42.3 Å². The molecule has 3 aliphatic rings. The summed E-state index contributed by atoms with van der Waals surface area (Å²) in [5.41, 5.74) is 0.931. The summed E-state index contributed by atoms with van der Waals surface area (Å²) in [5.74, 6) is -0.610. The van der Waals surface area contributed by atoms with Gasteiger partial charge in [-0.05, 0) is 66.2 Å². The maximum absolute atomic E-state index is 13.9. The van der Waals surface area contributed by atoms with E-state index >= 15 is 0 Å². The SMILES string of the molecule is CC(=O)c1nn(CC(=O)N2[C@H]3C[C@@]4(CNS(=O)(=O)CCCC/C=C/c5ccc(Br)nc5NC3=O)C[C@@H]24)c2cnccc12. The van der Waals surface area contributed by atoms with Crippen molar-refractivity contribution in [1.29, 1.82) is 0 Å². The van der Waals surface area contributed by atoms with Crippen LogP contribution in [0.4, 0.5) is 5.82 Å². The van der Waals surface area contributed by atoms with Gasteiger partial charge in [0.1, 0.15) is 28.7 Å². The van der Waals surface area contributed by atoms with E-state index < -0.39 is 27.4 Å². The highest BCUT2D eigenvalue weighted by atomic mass is 79.9. The third-order valence-corrected chi connectivity index (χ3v) is 10.1. The highest BCUT2D eigenvalue weighted by Gasteiger charge is 2.67. The number of hydrogen-bond acceptors (Lipinski definition) is 8. The van der Waals surface area contributed by atoms with Gasteiger partial charge in [0.05, 0.1) is 17.5 Å². The second-order valence-corrected chi connectivity index (χ2v) is 13.9. The van der Waals surface area contributed by atoms with Gasteiger partial charge in [-0.2, -0.15) is 5.10 Å². The summed E-state index contributed by atoms with van der Waals surface area (Å²) < 4.78 is 30.2. The molecule has 2 amide bonds. The number of ketones is 1. The van der Waals surface area contributed by atoms with Crippen molar-refractivity contribution in [2.24, 2.45) is 5.41 Å². The Labute approximate surface area is 251 Å². The van der Waals surface area contributed by atoms with Crippen LogP contribution >= 0.6 is 15.9 Å². The van der Waals surface area contributed by atoms with Crippen LogP contribution in [0.3, 0.4) is 0 Å². The molecule has 3 aromatic heterocycles. The average molecular weight is 657 g/mol. The van der Waals surface area contributed by atoms with Crippen molar-refractivity contribution in [1.82, 2.24) is 29.4 Å². The molecule has 2 N–H and O–H groups in total. The number of nitrogens with zero attached hydrogens (tertiary/aromatic N) is 5. The maximum Gasteiger partial charge on any atom is 0.248 e. The van der Waals surface area contributed by atoms with E-state index in [1.165, 1.54) is 11.6 Å². The lowest BCUT2D eigenvalue weighted by Gasteiger charge is -2.27. The topological polar surface area (TPSA) is 156 Å². The van der Waals surface area contributed by atoms with Crippen molar-refractivity contribution in [2.45, 2.75) is 57.7 Å². The van der Waals surface area contributed by atoms with Gasteiger partial charge in [-0.25, -0.2) is 18.1 Å². The van der Waals surface area contributed by atoms with Gasteiger partial charge < -0.3 is 10.2 Å². The number of hydrogen-bond donors (Lipinski definition) is 2. The molecule has 2 aliphatic heterocycles. The lowest BCUT2D eigenvalue weighted by atomic mass is 9.99.